The molecule has 0 amide bonds. The molecule has 0 saturated heterocycles. The number of nitrogens with zero attached hydrogens (tertiary/aromatic N) is 2. The first-order chi connectivity index (χ1) is 8.72. The standard InChI is InChI=1S/C13H9F3N2Si/c1-19(2,3)5-4-8-11(14)9(6-17)10(7-18)13(16)12(8)15/h1-3H3. The summed E-state index contributed by atoms with van der Waals surface area (Å²) in [4.78, 5) is 0. The monoisotopic (exact) mass is 278 g/mol. The summed E-state index contributed by atoms with van der Waals surface area (Å²) >= 11 is 0. The van der Waals surface area contributed by atoms with Gasteiger partial charge >= 0.3 is 0 Å². The quantitative estimate of drug-likeness (QED) is 0.416. The topological polar surface area (TPSA) is 47.6 Å². The smallest absolute Gasteiger partial charge is 0.179 e. The molecule has 1 aromatic rings. The highest BCUT2D eigenvalue weighted by Crippen LogP contribution is 2.23. The summed E-state index contributed by atoms with van der Waals surface area (Å²) in [6, 6.07) is 2.64. The lowest BCUT2D eigenvalue weighted by Crippen LogP contribution is -2.16. The molecule has 0 unspecified atom stereocenters. The Balaban J connectivity index is 3.70. The van der Waals surface area contributed by atoms with Crippen molar-refractivity contribution in [1.82, 2.24) is 0 Å². The van der Waals surface area contributed by atoms with Gasteiger partial charge in [0.05, 0.1) is 5.56 Å². The molecule has 0 radical (unpaired) electrons. The van der Waals surface area contributed by atoms with E-state index in [0.29, 0.717) is 0 Å². The maximum absolute atomic E-state index is 13.9. The molecule has 0 N–H and O–H groups in total. The van der Waals surface area contributed by atoms with E-state index < -0.39 is 42.2 Å². The maximum Gasteiger partial charge on any atom is 0.179 e. The molecule has 96 valence electrons. The molecule has 0 aliphatic rings. The van der Waals surface area contributed by atoms with Crippen molar-refractivity contribution in [2.75, 3.05) is 0 Å². The average molecular weight is 278 g/mol. The van der Waals surface area contributed by atoms with E-state index in [4.69, 9.17) is 10.5 Å². The van der Waals surface area contributed by atoms with Gasteiger partial charge in [-0.25, -0.2) is 13.2 Å². The minimum atomic E-state index is -1.92. The van der Waals surface area contributed by atoms with Crippen LogP contribution in [0.5, 0.6) is 0 Å². The Kier molecular flexibility index (Phi) is 4.04. The number of rotatable bonds is 0. The molecule has 19 heavy (non-hydrogen) atoms. The van der Waals surface area contributed by atoms with Crippen LogP contribution in [0.3, 0.4) is 0 Å². The van der Waals surface area contributed by atoms with Gasteiger partial charge < -0.3 is 0 Å². The molecule has 2 nitrogen and oxygen atoms in total. The molecule has 6 heteroatoms. The molecule has 0 spiro atoms. The zero-order valence-corrected chi connectivity index (χ0v) is 11.5. The molecule has 1 aromatic carbocycles. The van der Waals surface area contributed by atoms with E-state index >= 15 is 0 Å². The van der Waals surface area contributed by atoms with Crippen molar-refractivity contribution < 1.29 is 13.2 Å². The highest BCUT2D eigenvalue weighted by atomic mass is 28.3. The Morgan fingerprint density at radius 3 is 1.63 bits per heavy atom. The van der Waals surface area contributed by atoms with E-state index in [1.165, 1.54) is 12.1 Å². The van der Waals surface area contributed by atoms with E-state index in [2.05, 4.69) is 11.5 Å². The van der Waals surface area contributed by atoms with Gasteiger partial charge in [-0.15, -0.1) is 5.54 Å². The molecule has 0 fully saturated rings. The van der Waals surface area contributed by atoms with E-state index in [1.54, 1.807) is 0 Å². The lowest BCUT2D eigenvalue weighted by atomic mass is 10.0. The average Bonchev–Trinajstić information content (AvgIpc) is 2.31. The van der Waals surface area contributed by atoms with Crippen LogP contribution in [-0.4, -0.2) is 8.07 Å². The van der Waals surface area contributed by atoms with Gasteiger partial charge in [0.2, 0.25) is 0 Å². The summed E-state index contributed by atoms with van der Waals surface area (Å²) in [6.07, 6.45) is 0. The summed E-state index contributed by atoms with van der Waals surface area (Å²) in [5.74, 6) is -2.11. The Hall–Kier alpha value is -2.23. The SMILES string of the molecule is C[Si](C)(C)C#Cc1c(F)c(F)c(C#N)c(C#N)c1F. The van der Waals surface area contributed by atoms with Gasteiger partial charge in [-0.3, -0.25) is 0 Å². The Morgan fingerprint density at radius 2 is 1.21 bits per heavy atom. The molecule has 0 heterocycles. The number of hydrogen-bond donors (Lipinski definition) is 0. The predicted molar refractivity (Wildman–Crippen MR) is 66.0 cm³/mol. The van der Waals surface area contributed by atoms with Crippen LogP contribution in [0.25, 0.3) is 0 Å². The highest BCUT2D eigenvalue weighted by Gasteiger charge is 2.24. The van der Waals surface area contributed by atoms with Crippen LogP contribution >= 0.6 is 0 Å². The van der Waals surface area contributed by atoms with E-state index in [1.807, 2.05) is 19.6 Å². The molecular formula is C13H9F3N2Si. The van der Waals surface area contributed by atoms with Crippen LogP contribution in [0.1, 0.15) is 16.7 Å². The maximum atomic E-state index is 13.9. The second-order valence-electron chi connectivity index (χ2n) is 4.79. The van der Waals surface area contributed by atoms with Crippen molar-refractivity contribution in [3.63, 3.8) is 0 Å². The largest absolute Gasteiger partial charge is 0.204 e. The summed E-state index contributed by atoms with van der Waals surface area (Å²) in [6.45, 7) is 5.54. The Labute approximate surface area is 110 Å². The van der Waals surface area contributed by atoms with Crippen LogP contribution in [0, 0.1) is 51.6 Å². The number of hydrogen-bond acceptors (Lipinski definition) is 2. The number of benzene rings is 1. The first-order valence-electron chi connectivity index (χ1n) is 5.26. The van der Waals surface area contributed by atoms with Gasteiger partial charge in [-0.05, 0) is 0 Å². The van der Waals surface area contributed by atoms with E-state index in [9.17, 15) is 13.2 Å². The molecule has 0 saturated carbocycles. The minimum absolute atomic E-state index is 0.796. The van der Waals surface area contributed by atoms with Crippen molar-refractivity contribution in [3.8, 4) is 23.6 Å². The minimum Gasteiger partial charge on any atom is -0.204 e. The second-order valence-corrected chi connectivity index (χ2v) is 9.54. The predicted octanol–water partition coefficient (Wildman–Crippen LogP) is 3.08. The van der Waals surface area contributed by atoms with Crippen LogP contribution in [0.15, 0.2) is 0 Å². The fraction of sp³-hybridized carbons (Fsp3) is 0.231. The van der Waals surface area contributed by atoms with Crippen LogP contribution in [-0.2, 0) is 0 Å². The highest BCUT2D eigenvalue weighted by molar-refractivity contribution is 6.83. The zero-order chi connectivity index (χ0) is 14.8. The van der Waals surface area contributed by atoms with E-state index in [-0.39, 0.29) is 0 Å². The van der Waals surface area contributed by atoms with Gasteiger partial charge in [0, 0.05) is 0 Å². The molecule has 0 bridgehead atoms. The molecule has 1 rings (SSSR count). The molecule has 0 atom stereocenters. The fourth-order valence-electron chi connectivity index (χ4n) is 1.23. The summed E-state index contributed by atoms with van der Waals surface area (Å²) in [7, 11) is -1.92. The van der Waals surface area contributed by atoms with Crippen LogP contribution in [0.2, 0.25) is 19.6 Å². The second kappa shape index (κ2) is 5.18. The first-order valence-corrected chi connectivity index (χ1v) is 8.76. The normalized spacial score (nSPS) is 10.1. The molecule has 0 aromatic heterocycles. The van der Waals surface area contributed by atoms with Crippen molar-refractivity contribution in [3.05, 3.63) is 34.1 Å². The van der Waals surface area contributed by atoms with Crippen LogP contribution in [0.4, 0.5) is 13.2 Å². The third kappa shape index (κ3) is 2.96. The fourth-order valence-corrected chi connectivity index (χ4v) is 1.73. The van der Waals surface area contributed by atoms with Crippen molar-refractivity contribution in [1.29, 1.82) is 10.5 Å². The number of nitriles is 2. The molecule has 0 aliphatic carbocycles. The lowest BCUT2D eigenvalue weighted by Gasteiger charge is -2.06. The lowest BCUT2D eigenvalue weighted by molar-refractivity contribution is 0.488. The molecular weight excluding hydrogens is 269 g/mol. The Morgan fingerprint density at radius 1 is 0.789 bits per heavy atom. The summed E-state index contributed by atoms with van der Waals surface area (Å²) in [5.41, 5.74) is 0.137. The van der Waals surface area contributed by atoms with E-state index in [0.717, 1.165) is 0 Å². The summed E-state index contributed by atoms with van der Waals surface area (Å²) < 4.78 is 41.0. The third-order valence-electron chi connectivity index (χ3n) is 2.11. The van der Waals surface area contributed by atoms with Crippen molar-refractivity contribution in [2.45, 2.75) is 19.6 Å². The molecule has 0 aliphatic heterocycles. The van der Waals surface area contributed by atoms with Gasteiger partial charge in [-0.1, -0.05) is 25.6 Å². The first kappa shape index (κ1) is 14.8. The van der Waals surface area contributed by atoms with Gasteiger partial charge in [0.1, 0.15) is 31.3 Å². The van der Waals surface area contributed by atoms with Crippen molar-refractivity contribution >= 4 is 8.07 Å². The van der Waals surface area contributed by atoms with Gasteiger partial charge in [-0.2, -0.15) is 10.5 Å². The van der Waals surface area contributed by atoms with Crippen LogP contribution < -0.4 is 0 Å². The third-order valence-corrected chi connectivity index (χ3v) is 2.98. The van der Waals surface area contributed by atoms with Crippen molar-refractivity contribution in [2.24, 2.45) is 0 Å². The zero-order valence-electron chi connectivity index (χ0n) is 10.5. The Bertz CT molecular complexity index is 680. The van der Waals surface area contributed by atoms with Gasteiger partial charge in [0.25, 0.3) is 0 Å². The van der Waals surface area contributed by atoms with Gasteiger partial charge in [0.15, 0.2) is 17.5 Å². The number of halogens is 3. The summed E-state index contributed by atoms with van der Waals surface area (Å²) in [5, 5.41) is 17.4.